The van der Waals surface area contributed by atoms with Gasteiger partial charge in [0.2, 0.25) is 0 Å². The van der Waals surface area contributed by atoms with E-state index in [1.807, 2.05) is 61.2 Å². The Kier molecular flexibility index (Phi) is 7.06. The van der Waals surface area contributed by atoms with Gasteiger partial charge in [-0.05, 0) is 112 Å². The molecule has 58 heavy (non-hydrogen) atoms. The van der Waals surface area contributed by atoms with Gasteiger partial charge in [0.05, 0.1) is 22.4 Å². The molecule has 8 heteroatoms. The van der Waals surface area contributed by atoms with Crippen LogP contribution in [0, 0.1) is 0 Å². The minimum Gasteiger partial charge on any atom is -0.274 e. The molecule has 12 rings (SSSR count). The Morgan fingerprint density at radius 3 is 1.41 bits per heavy atom. The van der Waals surface area contributed by atoms with Gasteiger partial charge in [0, 0.05) is 46.7 Å². The summed E-state index contributed by atoms with van der Waals surface area (Å²) in [7, 11) is 0. The Morgan fingerprint density at radius 1 is 0.345 bits per heavy atom. The third-order valence-electron chi connectivity index (χ3n) is 11.0. The topological polar surface area (TPSA) is 87.2 Å². The van der Waals surface area contributed by atoms with E-state index in [-0.39, 0.29) is 0 Å². The smallest absolute Gasteiger partial charge is 0.165 e. The first-order chi connectivity index (χ1) is 28.7. The molecular formula is C50H30N8. The van der Waals surface area contributed by atoms with E-state index in [2.05, 4.69) is 130 Å². The van der Waals surface area contributed by atoms with Crippen LogP contribution in [-0.2, 0) is 0 Å². The molecule has 0 bridgehead atoms. The van der Waals surface area contributed by atoms with Crippen LogP contribution in [0.25, 0.3) is 111 Å². The van der Waals surface area contributed by atoms with Gasteiger partial charge in [-0.2, -0.15) is 0 Å². The molecule has 6 aromatic carbocycles. The highest BCUT2D eigenvalue weighted by Gasteiger charge is 2.23. The second kappa shape index (κ2) is 12.7. The lowest BCUT2D eigenvalue weighted by atomic mass is 9.93. The molecule has 6 heterocycles. The molecule has 0 radical (unpaired) electrons. The van der Waals surface area contributed by atoms with Gasteiger partial charge >= 0.3 is 0 Å². The van der Waals surface area contributed by atoms with Crippen LogP contribution in [0.2, 0.25) is 0 Å². The molecule has 0 aliphatic rings. The van der Waals surface area contributed by atoms with Crippen LogP contribution < -0.4 is 0 Å². The third kappa shape index (κ3) is 5.02. The van der Waals surface area contributed by atoms with Crippen molar-refractivity contribution in [2.75, 3.05) is 0 Å². The van der Waals surface area contributed by atoms with Gasteiger partial charge in [0.25, 0.3) is 0 Å². The molecule has 0 aliphatic heterocycles. The van der Waals surface area contributed by atoms with Gasteiger partial charge in [0.1, 0.15) is 22.7 Å². The second-order valence-electron chi connectivity index (χ2n) is 14.5. The second-order valence-corrected chi connectivity index (χ2v) is 14.5. The Labute approximate surface area is 331 Å². The van der Waals surface area contributed by atoms with Gasteiger partial charge < -0.3 is 0 Å². The molecule has 0 atom stereocenters. The monoisotopic (exact) mass is 742 g/mol. The highest BCUT2D eigenvalue weighted by Crippen LogP contribution is 2.40. The molecule has 0 spiro atoms. The molecule has 8 nitrogen and oxygen atoms in total. The molecule has 0 fully saturated rings. The number of aromatic nitrogens is 8. The number of pyridine rings is 4. The van der Waals surface area contributed by atoms with Gasteiger partial charge in [-0.1, -0.05) is 78.9 Å². The predicted molar refractivity (Wildman–Crippen MR) is 233 cm³/mol. The number of nitrogens with zero attached hydrogens (tertiary/aromatic N) is 8. The molecule has 12 aromatic rings. The Hall–Kier alpha value is -8.10. The summed E-state index contributed by atoms with van der Waals surface area (Å²) in [6.07, 6.45) is 7.31. The van der Waals surface area contributed by atoms with E-state index in [0.717, 1.165) is 94.8 Å². The van der Waals surface area contributed by atoms with E-state index < -0.39 is 0 Å². The van der Waals surface area contributed by atoms with Crippen molar-refractivity contribution in [1.29, 1.82) is 0 Å². The number of hydrogen-bond donors (Lipinski definition) is 0. The summed E-state index contributed by atoms with van der Waals surface area (Å²) in [5.74, 6) is 1.49. The summed E-state index contributed by atoms with van der Waals surface area (Å²) in [5, 5.41) is 6.78. The minimum absolute atomic E-state index is 0.744. The first-order valence-electron chi connectivity index (χ1n) is 19.2. The van der Waals surface area contributed by atoms with Crippen molar-refractivity contribution in [3.05, 3.63) is 183 Å². The van der Waals surface area contributed by atoms with Gasteiger partial charge in [-0.15, -0.1) is 0 Å². The van der Waals surface area contributed by atoms with Crippen LogP contribution in [0.4, 0.5) is 0 Å². The zero-order valence-electron chi connectivity index (χ0n) is 30.9. The SMILES string of the molecule is c1ccc2cc3c(-c4cc(-c5nc6cccnc6n5-c5cccc6cccnc56)cc(-c5nc6cccnc6n5-c5cccc6cccnc56)c4)cccc3cc2c1. The Bertz CT molecular complexity index is 3420. The Balaban J connectivity index is 1.20. The van der Waals surface area contributed by atoms with E-state index in [4.69, 9.17) is 29.9 Å². The van der Waals surface area contributed by atoms with E-state index in [9.17, 15) is 0 Å². The lowest BCUT2D eigenvalue weighted by Crippen LogP contribution is -2.03. The van der Waals surface area contributed by atoms with E-state index in [0.29, 0.717) is 0 Å². The number of fused-ring (bicyclic) bond motifs is 6. The van der Waals surface area contributed by atoms with E-state index >= 15 is 0 Å². The lowest BCUT2D eigenvalue weighted by molar-refractivity contribution is 1.07. The van der Waals surface area contributed by atoms with Crippen molar-refractivity contribution in [1.82, 2.24) is 39.0 Å². The standard InChI is InChI=1S/C50H30N8/c1-2-11-34-30-40-35(26-33(34)10-1)14-3-17-39(40)36-27-37(47-55-41-18-8-24-53-49(41)57(47)43-20-4-12-31-15-6-22-51-45(31)43)29-38(28-36)48-56-42-19-9-25-54-50(42)58(48)44-21-5-13-32-16-7-23-52-46(32)44/h1-30H. The maximum absolute atomic E-state index is 5.33. The summed E-state index contributed by atoms with van der Waals surface area (Å²) >= 11 is 0. The van der Waals surface area contributed by atoms with Crippen LogP contribution in [0.15, 0.2) is 183 Å². The summed E-state index contributed by atoms with van der Waals surface area (Å²) in [4.78, 5) is 30.2. The molecule has 270 valence electrons. The van der Waals surface area contributed by atoms with E-state index in [1.54, 1.807) is 0 Å². The number of rotatable bonds is 5. The molecule has 0 amide bonds. The maximum atomic E-state index is 5.33. The van der Waals surface area contributed by atoms with Crippen molar-refractivity contribution in [3.63, 3.8) is 0 Å². The number of imidazole rings is 2. The minimum atomic E-state index is 0.744. The van der Waals surface area contributed by atoms with Crippen LogP contribution in [0.5, 0.6) is 0 Å². The number of benzene rings is 6. The largest absolute Gasteiger partial charge is 0.274 e. The van der Waals surface area contributed by atoms with Crippen molar-refractivity contribution >= 4 is 65.7 Å². The molecule has 0 saturated heterocycles. The first-order valence-corrected chi connectivity index (χ1v) is 19.2. The predicted octanol–water partition coefficient (Wildman–Crippen LogP) is 11.6. The Morgan fingerprint density at radius 2 is 0.810 bits per heavy atom. The summed E-state index contributed by atoms with van der Waals surface area (Å²) in [6, 6.07) is 54.8. The highest BCUT2D eigenvalue weighted by molar-refractivity contribution is 6.06. The van der Waals surface area contributed by atoms with Gasteiger partial charge in [-0.3, -0.25) is 19.1 Å². The normalized spacial score (nSPS) is 11.8. The zero-order valence-corrected chi connectivity index (χ0v) is 30.9. The molecule has 0 saturated carbocycles. The van der Waals surface area contributed by atoms with E-state index in [1.165, 1.54) is 16.2 Å². The number of para-hydroxylation sites is 2. The van der Waals surface area contributed by atoms with Crippen molar-refractivity contribution in [2.24, 2.45) is 0 Å². The number of hydrogen-bond acceptors (Lipinski definition) is 6. The summed E-state index contributed by atoms with van der Waals surface area (Å²) in [6.45, 7) is 0. The summed E-state index contributed by atoms with van der Waals surface area (Å²) < 4.78 is 4.28. The van der Waals surface area contributed by atoms with Crippen LogP contribution in [-0.4, -0.2) is 39.0 Å². The average Bonchev–Trinajstić information content (AvgIpc) is 3.87. The molecular weight excluding hydrogens is 713 g/mol. The van der Waals surface area contributed by atoms with Crippen molar-refractivity contribution in [3.8, 4) is 45.3 Å². The average molecular weight is 743 g/mol. The maximum Gasteiger partial charge on any atom is 0.165 e. The van der Waals surface area contributed by atoms with Gasteiger partial charge in [0.15, 0.2) is 11.3 Å². The lowest BCUT2D eigenvalue weighted by Gasteiger charge is -2.16. The van der Waals surface area contributed by atoms with Crippen molar-refractivity contribution < 1.29 is 0 Å². The van der Waals surface area contributed by atoms with Crippen molar-refractivity contribution in [2.45, 2.75) is 0 Å². The molecule has 0 aliphatic carbocycles. The summed E-state index contributed by atoms with van der Waals surface area (Å²) in [5.41, 5.74) is 10.5. The van der Waals surface area contributed by atoms with Crippen LogP contribution in [0.3, 0.4) is 0 Å². The quantitative estimate of drug-likeness (QED) is 0.163. The highest BCUT2D eigenvalue weighted by atomic mass is 15.2. The first kappa shape index (κ1) is 32.2. The van der Waals surface area contributed by atoms with Crippen LogP contribution in [0.1, 0.15) is 0 Å². The van der Waals surface area contributed by atoms with Crippen LogP contribution >= 0.6 is 0 Å². The molecule has 0 N–H and O–H groups in total. The molecule has 6 aromatic heterocycles. The fourth-order valence-electron chi connectivity index (χ4n) is 8.47. The molecule has 0 unspecified atom stereocenters. The zero-order chi connectivity index (χ0) is 38.2. The fourth-order valence-corrected chi connectivity index (χ4v) is 8.47. The van der Waals surface area contributed by atoms with Gasteiger partial charge in [-0.25, -0.2) is 19.9 Å². The third-order valence-corrected chi connectivity index (χ3v) is 11.0. The fraction of sp³-hybridized carbons (Fsp3) is 0.